The number of nitrogens with zero attached hydrogens (tertiary/aromatic N) is 1. The summed E-state index contributed by atoms with van der Waals surface area (Å²) in [6.45, 7) is 2.30. The first-order valence-corrected chi connectivity index (χ1v) is 6.74. The number of aliphatic hydroxyl groups is 1. The van der Waals surface area contributed by atoms with Gasteiger partial charge in [0.25, 0.3) is 0 Å². The van der Waals surface area contributed by atoms with Crippen molar-refractivity contribution in [1.29, 1.82) is 0 Å². The van der Waals surface area contributed by atoms with E-state index in [-0.39, 0.29) is 0 Å². The molecule has 0 saturated carbocycles. The number of benzene rings is 2. The van der Waals surface area contributed by atoms with Crippen molar-refractivity contribution in [2.45, 2.75) is 19.3 Å². The normalized spacial score (nSPS) is 14.3. The summed E-state index contributed by atoms with van der Waals surface area (Å²) in [5.41, 5.74) is 1.93. The van der Waals surface area contributed by atoms with Gasteiger partial charge in [-0.05, 0) is 18.1 Å². The van der Waals surface area contributed by atoms with Crippen LogP contribution in [0.2, 0.25) is 0 Å². The molecular weight excluding hydrogens is 250 g/mol. The van der Waals surface area contributed by atoms with E-state index in [2.05, 4.69) is 4.99 Å². The second-order valence-electron chi connectivity index (χ2n) is 4.39. The van der Waals surface area contributed by atoms with Gasteiger partial charge in [-0.2, -0.15) is 0 Å². The molecule has 2 aromatic carbocycles. The van der Waals surface area contributed by atoms with Crippen molar-refractivity contribution >= 4 is 6.21 Å². The van der Waals surface area contributed by atoms with Crippen molar-refractivity contribution < 1.29 is 9.84 Å². The van der Waals surface area contributed by atoms with Gasteiger partial charge in [-0.25, -0.2) is 0 Å². The average molecular weight is 269 g/mol. The Morgan fingerprint density at radius 3 is 2.25 bits per heavy atom. The van der Waals surface area contributed by atoms with Gasteiger partial charge in [-0.1, -0.05) is 60.7 Å². The van der Waals surface area contributed by atoms with Crippen LogP contribution in [0, 0.1) is 0 Å². The molecule has 2 rings (SSSR count). The molecule has 0 aliphatic rings. The summed E-state index contributed by atoms with van der Waals surface area (Å²) in [6, 6.07) is 19.1. The summed E-state index contributed by atoms with van der Waals surface area (Å²) in [5, 5.41) is 10.1. The van der Waals surface area contributed by atoms with Crippen molar-refractivity contribution in [3.8, 4) is 0 Å². The fourth-order valence-corrected chi connectivity index (χ4v) is 1.94. The molecular formula is C17H19NO2. The van der Waals surface area contributed by atoms with Gasteiger partial charge < -0.3 is 9.84 Å². The maximum atomic E-state index is 10.1. The van der Waals surface area contributed by atoms with E-state index in [9.17, 15) is 5.11 Å². The molecule has 2 unspecified atom stereocenters. The van der Waals surface area contributed by atoms with Gasteiger partial charge >= 0.3 is 0 Å². The maximum Gasteiger partial charge on any atom is 0.181 e. The van der Waals surface area contributed by atoms with E-state index in [1.54, 1.807) is 6.21 Å². The topological polar surface area (TPSA) is 41.8 Å². The predicted molar refractivity (Wildman–Crippen MR) is 80.9 cm³/mol. The van der Waals surface area contributed by atoms with Gasteiger partial charge in [0.15, 0.2) is 6.29 Å². The molecule has 0 radical (unpaired) electrons. The third-order valence-corrected chi connectivity index (χ3v) is 2.93. The van der Waals surface area contributed by atoms with Crippen LogP contribution >= 0.6 is 0 Å². The first-order chi connectivity index (χ1) is 9.81. The second kappa shape index (κ2) is 7.58. The van der Waals surface area contributed by atoms with Crippen LogP contribution in [-0.2, 0) is 4.74 Å². The highest BCUT2D eigenvalue weighted by Crippen LogP contribution is 2.22. The van der Waals surface area contributed by atoms with Crippen LogP contribution < -0.4 is 0 Å². The Kier molecular flexibility index (Phi) is 5.47. The Labute approximate surface area is 119 Å². The molecule has 0 amide bonds. The lowest BCUT2D eigenvalue weighted by Crippen LogP contribution is -2.20. The van der Waals surface area contributed by atoms with E-state index in [4.69, 9.17) is 4.74 Å². The summed E-state index contributed by atoms with van der Waals surface area (Å²) in [6.07, 6.45) is 0.822. The third-order valence-electron chi connectivity index (χ3n) is 2.93. The summed E-state index contributed by atoms with van der Waals surface area (Å²) < 4.78 is 5.29. The molecule has 104 valence electrons. The number of hydrogen-bond acceptors (Lipinski definition) is 3. The van der Waals surface area contributed by atoms with Crippen molar-refractivity contribution in [2.75, 3.05) is 6.61 Å². The highest BCUT2D eigenvalue weighted by Gasteiger charge is 2.19. The molecule has 0 aliphatic carbocycles. The number of ether oxygens (including phenoxy) is 1. The van der Waals surface area contributed by atoms with Crippen LogP contribution in [0.4, 0.5) is 0 Å². The largest absolute Gasteiger partial charge is 0.366 e. The lowest BCUT2D eigenvalue weighted by molar-refractivity contribution is -0.109. The highest BCUT2D eigenvalue weighted by atomic mass is 16.6. The molecule has 0 bridgehead atoms. The lowest BCUT2D eigenvalue weighted by Gasteiger charge is -2.19. The van der Waals surface area contributed by atoms with Gasteiger partial charge in [-0.15, -0.1) is 0 Å². The summed E-state index contributed by atoms with van der Waals surface area (Å²) >= 11 is 0. The van der Waals surface area contributed by atoms with Crippen LogP contribution in [0.1, 0.15) is 24.1 Å². The molecule has 0 aromatic heterocycles. The maximum absolute atomic E-state index is 10.1. The molecule has 0 saturated heterocycles. The minimum atomic E-state index is -0.942. The van der Waals surface area contributed by atoms with Crippen molar-refractivity contribution in [3.05, 3.63) is 71.8 Å². The fraction of sp³-hybridized carbons (Fsp3) is 0.235. The van der Waals surface area contributed by atoms with Crippen molar-refractivity contribution in [2.24, 2.45) is 4.99 Å². The lowest BCUT2D eigenvalue weighted by atomic mass is 10.1. The fourth-order valence-electron chi connectivity index (χ4n) is 1.94. The monoisotopic (exact) mass is 269 g/mol. The minimum absolute atomic E-state index is 0.420. The van der Waals surface area contributed by atoms with Gasteiger partial charge in [0.2, 0.25) is 0 Å². The quantitative estimate of drug-likeness (QED) is 0.646. The van der Waals surface area contributed by atoms with Crippen LogP contribution in [-0.4, -0.2) is 24.2 Å². The standard InChI is InChI=1S/C17H19NO2/c1-2-20-17(19)16(15-11-7-4-8-12-15)18-13-14-9-5-3-6-10-14/h3-13,16-17,19H,2H2,1H3. The molecule has 3 nitrogen and oxygen atoms in total. The van der Waals surface area contributed by atoms with E-state index in [0.717, 1.165) is 11.1 Å². The van der Waals surface area contributed by atoms with Crippen LogP contribution in [0.15, 0.2) is 65.7 Å². The van der Waals surface area contributed by atoms with Gasteiger partial charge in [0.05, 0.1) is 0 Å². The zero-order chi connectivity index (χ0) is 14.2. The number of aliphatic hydroxyl groups excluding tert-OH is 1. The van der Waals surface area contributed by atoms with Gasteiger partial charge in [0.1, 0.15) is 6.04 Å². The average Bonchev–Trinajstić information content (AvgIpc) is 2.50. The van der Waals surface area contributed by atoms with E-state index >= 15 is 0 Å². The summed E-state index contributed by atoms with van der Waals surface area (Å²) in [4.78, 5) is 4.48. The number of aliphatic imine (C=N–C) groups is 1. The Bertz CT molecular complexity index is 525. The van der Waals surface area contributed by atoms with E-state index in [0.29, 0.717) is 6.61 Å². The molecule has 0 aliphatic heterocycles. The molecule has 2 atom stereocenters. The molecule has 0 spiro atoms. The zero-order valence-corrected chi connectivity index (χ0v) is 11.5. The summed E-state index contributed by atoms with van der Waals surface area (Å²) in [5.74, 6) is 0. The second-order valence-corrected chi connectivity index (χ2v) is 4.39. The van der Waals surface area contributed by atoms with Gasteiger partial charge in [0, 0.05) is 12.8 Å². The van der Waals surface area contributed by atoms with E-state index < -0.39 is 12.3 Å². The first-order valence-electron chi connectivity index (χ1n) is 6.74. The smallest absolute Gasteiger partial charge is 0.181 e. The molecule has 0 heterocycles. The SMILES string of the molecule is CCOC(O)C(N=Cc1ccccc1)c1ccccc1. The molecule has 0 fully saturated rings. The molecule has 1 N–H and O–H groups in total. The van der Waals surface area contributed by atoms with E-state index in [1.165, 1.54) is 0 Å². The highest BCUT2D eigenvalue weighted by molar-refractivity contribution is 5.79. The van der Waals surface area contributed by atoms with E-state index in [1.807, 2.05) is 67.6 Å². The number of hydrogen-bond donors (Lipinski definition) is 1. The molecule has 3 heteroatoms. The van der Waals surface area contributed by atoms with Crippen molar-refractivity contribution in [1.82, 2.24) is 0 Å². The van der Waals surface area contributed by atoms with Crippen LogP contribution in [0.5, 0.6) is 0 Å². The molecule has 2 aromatic rings. The first kappa shape index (κ1) is 14.4. The van der Waals surface area contributed by atoms with Crippen LogP contribution in [0.25, 0.3) is 0 Å². The summed E-state index contributed by atoms with van der Waals surface area (Å²) in [7, 11) is 0. The Morgan fingerprint density at radius 2 is 1.65 bits per heavy atom. The van der Waals surface area contributed by atoms with Crippen molar-refractivity contribution in [3.63, 3.8) is 0 Å². The third kappa shape index (κ3) is 4.02. The zero-order valence-electron chi connectivity index (χ0n) is 11.5. The Balaban J connectivity index is 2.21. The predicted octanol–water partition coefficient (Wildman–Crippen LogP) is 3.20. The Hall–Kier alpha value is -1.97. The Morgan fingerprint density at radius 1 is 1.05 bits per heavy atom. The van der Waals surface area contributed by atoms with Gasteiger partial charge in [-0.3, -0.25) is 4.99 Å². The van der Waals surface area contributed by atoms with Crippen LogP contribution in [0.3, 0.4) is 0 Å². The molecule has 20 heavy (non-hydrogen) atoms. The number of rotatable bonds is 6. The minimum Gasteiger partial charge on any atom is -0.366 e.